The summed E-state index contributed by atoms with van der Waals surface area (Å²) < 4.78 is 3.77. The fourth-order valence-corrected chi connectivity index (χ4v) is 1.44. The van der Waals surface area contributed by atoms with Gasteiger partial charge in [-0.2, -0.15) is 0 Å². The van der Waals surface area contributed by atoms with Gasteiger partial charge in [0, 0.05) is 6.42 Å². The van der Waals surface area contributed by atoms with Gasteiger partial charge < -0.3 is 4.74 Å². The second kappa shape index (κ2) is 4.41. The van der Waals surface area contributed by atoms with E-state index in [1.807, 2.05) is 24.3 Å². The lowest BCUT2D eigenvalue weighted by molar-refractivity contribution is 0.414. The summed E-state index contributed by atoms with van der Waals surface area (Å²) in [4.78, 5) is 0. The SMILES string of the molecule is COc1ccc(CC(Cl)(Cl)Cl)cc1. The Kier molecular flexibility index (Phi) is 3.72. The molecule has 0 unspecified atom stereocenters. The van der Waals surface area contributed by atoms with E-state index in [2.05, 4.69) is 0 Å². The zero-order valence-corrected chi connectivity index (χ0v) is 9.33. The summed E-state index contributed by atoms with van der Waals surface area (Å²) >= 11 is 16.9. The number of methoxy groups -OCH3 is 1. The van der Waals surface area contributed by atoms with E-state index < -0.39 is 3.79 Å². The van der Waals surface area contributed by atoms with Gasteiger partial charge in [-0.05, 0) is 17.7 Å². The van der Waals surface area contributed by atoms with E-state index in [0.717, 1.165) is 11.3 Å². The van der Waals surface area contributed by atoms with Crippen molar-refractivity contribution in [2.75, 3.05) is 7.11 Å². The Labute approximate surface area is 92.5 Å². The lowest BCUT2D eigenvalue weighted by Crippen LogP contribution is -2.06. The third-order valence-corrected chi connectivity index (χ3v) is 1.96. The van der Waals surface area contributed by atoms with Gasteiger partial charge in [-0.25, -0.2) is 0 Å². The fraction of sp³-hybridized carbons (Fsp3) is 0.333. The van der Waals surface area contributed by atoms with Crippen LogP contribution in [0.5, 0.6) is 5.75 Å². The molecule has 0 aliphatic rings. The minimum atomic E-state index is -1.23. The van der Waals surface area contributed by atoms with Gasteiger partial charge in [0.05, 0.1) is 7.11 Å². The number of ether oxygens (including phenoxy) is 1. The number of hydrogen-bond acceptors (Lipinski definition) is 1. The van der Waals surface area contributed by atoms with E-state index in [-0.39, 0.29) is 0 Å². The summed E-state index contributed by atoms with van der Waals surface area (Å²) in [5, 5.41) is 0. The molecule has 1 rings (SSSR count). The molecule has 0 fully saturated rings. The molecule has 0 amide bonds. The maximum Gasteiger partial charge on any atom is 0.194 e. The van der Waals surface area contributed by atoms with E-state index in [9.17, 15) is 0 Å². The van der Waals surface area contributed by atoms with Crippen molar-refractivity contribution in [2.24, 2.45) is 0 Å². The molecular formula is C9H9Cl3O. The first-order valence-corrected chi connectivity index (χ1v) is 4.84. The monoisotopic (exact) mass is 238 g/mol. The molecule has 0 radical (unpaired) electrons. The van der Waals surface area contributed by atoms with Crippen LogP contribution in [0.1, 0.15) is 5.56 Å². The van der Waals surface area contributed by atoms with Crippen LogP contribution < -0.4 is 4.74 Å². The van der Waals surface area contributed by atoms with E-state index in [1.54, 1.807) is 7.11 Å². The van der Waals surface area contributed by atoms with Crippen molar-refractivity contribution in [1.82, 2.24) is 0 Å². The summed E-state index contributed by atoms with van der Waals surface area (Å²) in [6.45, 7) is 0. The van der Waals surface area contributed by atoms with Crippen LogP contribution in [-0.4, -0.2) is 10.9 Å². The van der Waals surface area contributed by atoms with Gasteiger partial charge in [-0.3, -0.25) is 0 Å². The Morgan fingerprint density at radius 3 is 2.08 bits per heavy atom. The van der Waals surface area contributed by atoms with Crippen molar-refractivity contribution in [3.63, 3.8) is 0 Å². The minimum Gasteiger partial charge on any atom is -0.497 e. The lowest BCUT2D eigenvalue weighted by atomic mass is 10.2. The van der Waals surface area contributed by atoms with Crippen molar-refractivity contribution in [3.8, 4) is 5.75 Å². The third kappa shape index (κ3) is 4.08. The van der Waals surface area contributed by atoms with Gasteiger partial charge in [0.2, 0.25) is 0 Å². The minimum absolute atomic E-state index is 0.404. The van der Waals surface area contributed by atoms with Crippen molar-refractivity contribution >= 4 is 34.8 Å². The average Bonchev–Trinajstić information content (AvgIpc) is 2.03. The van der Waals surface area contributed by atoms with Gasteiger partial charge in [0.25, 0.3) is 0 Å². The number of rotatable bonds is 2. The highest BCUT2D eigenvalue weighted by Crippen LogP contribution is 2.30. The smallest absolute Gasteiger partial charge is 0.194 e. The molecule has 72 valence electrons. The topological polar surface area (TPSA) is 9.23 Å². The summed E-state index contributed by atoms with van der Waals surface area (Å²) in [6, 6.07) is 7.43. The Bertz CT molecular complexity index is 263. The van der Waals surface area contributed by atoms with Gasteiger partial charge in [0.15, 0.2) is 3.79 Å². The summed E-state index contributed by atoms with van der Waals surface area (Å²) in [5.74, 6) is 0.799. The molecule has 0 saturated carbocycles. The van der Waals surface area contributed by atoms with E-state index >= 15 is 0 Å². The van der Waals surface area contributed by atoms with Crippen LogP contribution >= 0.6 is 34.8 Å². The molecule has 1 aromatic carbocycles. The van der Waals surface area contributed by atoms with E-state index in [0.29, 0.717) is 6.42 Å². The third-order valence-electron chi connectivity index (χ3n) is 1.56. The lowest BCUT2D eigenvalue weighted by Gasteiger charge is -2.10. The molecule has 13 heavy (non-hydrogen) atoms. The maximum atomic E-state index is 5.64. The number of alkyl halides is 3. The highest BCUT2D eigenvalue weighted by molar-refractivity contribution is 6.67. The maximum absolute atomic E-state index is 5.64. The average molecular weight is 240 g/mol. The summed E-state index contributed by atoms with van der Waals surface area (Å²) in [6.07, 6.45) is 0.404. The second-order valence-electron chi connectivity index (χ2n) is 2.64. The van der Waals surface area contributed by atoms with E-state index in [4.69, 9.17) is 39.5 Å². The molecule has 0 saturated heterocycles. The standard InChI is InChI=1S/C9H9Cl3O/c1-13-8-4-2-7(3-5-8)6-9(10,11)12/h2-5H,6H2,1H3. The molecule has 0 atom stereocenters. The van der Waals surface area contributed by atoms with Crippen molar-refractivity contribution in [3.05, 3.63) is 29.8 Å². The Balaban J connectivity index is 2.70. The second-order valence-corrected chi connectivity index (χ2v) is 5.16. The Hall–Kier alpha value is -0.110. The van der Waals surface area contributed by atoms with Crippen LogP contribution in [0.15, 0.2) is 24.3 Å². The Morgan fingerprint density at radius 1 is 1.15 bits per heavy atom. The van der Waals surface area contributed by atoms with E-state index in [1.165, 1.54) is 0 Å². The highest BCUT2D eigenvalue weighted by atomic mass is 35.6. The molecule has 1 nitrogen and oxygen atoms in total. The largest absolute Gasteiger partial charge is 0.497 e. The molecule has 0 bridgehead atoms. The van der Waals surface area contributed by atoms with Crippen LogP contribution in [-0.2, 0) is 6.42 Å². The highest BCUT2D eigenvalue weighted by Gasteiger charge is 2.19. The molecule has 1 aromatic rings. The molecule has 0 aliphatic carbocycles. The molecular weight excluding hydrogens is 230 g/mol. The Morgan fingerprint density at radius 2 is 1.69 bits per heavy atom. The molecule has 0 aromatic heterocycles. The van der Waals surface area contributed by atoms with Gasteiger partial charge >= 0.3 is 0 Å². The number of hydrogen-bond donors (Lipinski definition) is 0. The predicted octanol–water partition coefficient (Wildman–Crippen LogP) is 3.61. The fourth-order valence-electron chi connectivity index (χ4n) is 0.975. The van der Waals surface area contributed by atoms with Crippen molar-refractivity contribution in [2.45, 2.75) is 10.2 Å². The van der Waals surface area contributed by atoms with Gasteiger partial charge in [0.1, 0.15) is 5.75 Å². The van der Waals surface area contributed by atoms with Crippen molar-refractivity contribution < 1.29 is 4.74 Å². The number of benzene rings is 1. The molecule has 0 aliphatic heterocycles. The van der Waals surface area contributed by atoms with Crippen LogP contribution in [0.3, 0.4) is 0 Å². The van der Waals surface area contributed by atoms with Crippen LogP contribution in [0.4, 0.5) is 0 Å². The first-order valence-electron chi connectivity index (χ1n) is 3.71. The first kappa shape index (κ1) is 11.0. The van der Waals surface area contributed by atoms with Gasteiger partial charge in [-0.15, -0.1) is 0 Å². The van der Waals surface area contributed by atoms with Crippen molar-refractivity contribution in [1.29, 1.82) is 0 Å². The quantitative estimate of drug-likeness (QED) is 0.717. The molecule has 4 heteroatoms. The van der Waals surface area contributed by atoms with Gasteiger partial charge in [-0.1, -0.05) is 46.9 Å². The number of halogens is 3. The van der Waals surface area contributed by atoms with Crippen LogP contribution in [0, 0.1) is 0 Å². The predicted molar refractivity (Wildman–Crippen MR) is 57.0 cm³/mol. The summed E-state index contributed by atoms with van der Waals surface area (Å²) in [5.41, 5.74) is 0.973. The first-order chi connectivity index (χ1) is 6.01. The normalized spacial score (nSPS) is 11.4. The summed E-state index contributed by atoms with van der Waals surface area (Å²) in [7, 11) is 1.62. The zero-order valence-electron chi connectivity index (χ0n) is 7.06. The molecule has 0 heterocycles. The van der Waals surface area contributed by atoms with Crippen LogP contribution in [0.2, 0.25) is 0 Å². The van der Waals surface area contributed by atoms with Crippen LogP contribution in [0.25, 0.3) is 0 Å². The molecule has 0 spiro atoms. The molecule has 0 N–H and O–H groups in total. The zero-order chi connectivity index (χ0) is 9.90.